The summed E-state index contributed by atoms with van der Waals surface area (Å²) < 4.78 is 26.6. The van der Waals surface area contributed by atoms with Gasteiger partial charge in [0.15, 0.2) is 0 Å². The van der Waals surface area contributed by atoms with Crippen LogP contribution in [0, 0.1) is 11.6 Å². The van der Waals surface area contributed by atoms with Crippen LogP contribution in [0.2, 0.25) is 0 Å². The van der Waals surface area contributed by atoms with Crippen LogP contribution >= 0.6 is 0 Å². The minimum absolute atomic E-state index is 0.159. The summed E-state index contributed by atoms with van der Waals surface area (Å²) in [4.78, 5) is 2.54. The van der Waals surface area contributed by atoms with Gasteiger partial charge in [-0.2, -0.15) is 0 Å². The Morgan fingerprint density at radius 2 is 1.50 bits per heavy atom. The molecule has 4 heteroatoms. The van der Waals surface area contributed by atoms with Crippen molar-refractivity contribution >= 4 is 0 Å². The number of piperazine rings is 1. The lowest BCUT2D eigenvalue weighted by molar-refractivity contribution is 0.143. The Kier molecular flexibility index (Phi) is 6.38. The van der Waals surface area contributed by atoms with Gasteiger partial charge in [0.25, 0.3) is 0 Å². The average Bonchev–Trinajstić information content (AvgIpc) is 2.63. The molecule has 0 aliphatic carbocycles. The van der Waals surface area contributed by atoms with E-state index in [0.29, 0.717) is 12.1 Å². The lowest BCUT2D eigenvalue weighted by Crippen LogP contribution is -2.54. The van der Waals surface area contributed by atoms with Gasteiger partial charge in [0, 0.05) is 31.1 Å². The van der Waals surface area contributed by atoms with E-state index in [1.807, 2.05) is 24.3 Å². The monoisotopic (exact) mass is 358 g/mol. The van der Waals surface area contributed by atoms with Crippen molar-refractivity contribution in [2.24, 2.45) is 0 Å². The van der Waals surface area contributed by atoms with Crippen molar-refractivity contribution in [3.8, 4) is 0 Å². The number of benzene rings is 2. The van der Waals surface area contributed by atoms with Gasteiger partial charge in [-0.05, 0) is 68.6 Å². The van der Waals surface area contributed by atoms with Crippen LogP contribution in [0.4, 0.5) is 8.78 Å². The van der Waals surface area contributed by atoms with Crippen molar-refractivity contribution in [3.05, 3.63) is 71.3 Å². The van der Waals surface area contributed by atoms with Crippen LogP contribution in [-0.4, -0.2) is 36.6 Å². The molecule has 26 heavy (non-hydrogen) atoms. The first-order valence-electron chi connectivity index (χ1n) is 9.51. The molecule has 1 saturated heterocycles. The highest BCUT2D eigenvalue weighted by Gasteiger charge is 2.22. The number of nitrogens with one attached hydrogen (secondary N) is 1. The summed E-state index contributed by atoms with van der Waals surface area (Å²) in [6.45, 7) is 7.63. The zero-order chi connectivity index (χ0) is 18.5. The van der Waals surface area contributed by atoms with E-state index < -0.39 is 0 Å². The van der Waals surface area contributed by atoms with Crippen LogP contribution in [0.1, 0.15) is 43.7 Å². The molecule has 1 aliphatic heterocycles. The van der Waals surface area contributed by atoms with Crippen molar-refractivity contribution in [3.63, 3.8) is 0 Å². The molecule has 2 nitrogen and oxygen atoms in total. The third kappa shape index (κ3) is 4.89. The molecule has 1 heterocycles. The normalized spacial score (nSPS) is 21.3. The first-order chi connectivity index (χ1) is 12.5. The summed E-state index contributed by atoms with van der Waals surface area (Å²) in [7, 11) is 0. The average molecular weight is 358 g/mol. The summed E-state index contributed by atoms with van der Waals surface area (Å²) in [6.07, 6.45) is 2.01. The summed E-state index contributed by atoms with van der Waals surface area (Å²) in [6, 6.07) is 14.5. The highest BCUT2D eigenvalue weighted by Crippen LogP contribution is 2.30. The van der Waals surface area contributed by atoms with Crippen molar-refractivity contribution in [2.75, 3.05) is 19.6 Å². The Labute approximate surface area is 155 Å². The fraction of sp³-hybridized carbons (Fsp3) is 0.455. The predicted octanol–water partition coefficient (Wildman–Crippen LogP) is 4.56. The van der Waals surface area contributed by atoms with Crippen molar-refractivity contribution < 1.29 is 8.78 Å². The third-order valence-corrected chi connectivity index (χ3v) is 5.38. The Hall–Kier alpha value is -1.78. The fourth-order valence-electron chi connectivity index (χ4n) is 3.82. The van der Waals surface area contributed by atoms with E-state index in [2.05, 4.69) is 24.1 Å². The molecule has 2 unspecified atom stereocenters. The summed E-state index contributed by atoms with van der Waals surface area (Å²) in [5, 5.41) is 3.51. The highest BCUT2D eigenvalue weighted by molar-refractivity contribution is 5.32. The molecule has 2 aromatic carbocycles. The predicted molar refractivity (Wildman–Crippen MR) is 102 cm³/mol. The van der Waals surface area contributed by atoms with E-state index >= 15 is 0 Å². The van der Waals surface area contributed by atoms with Crippen molar-refractivity contribution in [1.82, 2.24) is 10.2 Å². The first kappa shape index (κ1) is 19.0. The molecular weight excluding hydrogens is 330 g/mol. The summed E-state index contributed by atoms with van der Waals surface area (Å²) >= 11 is 0. The van der Waals surface area contributed by atoms with Gasteiger partial charge in [-0.3, -0.25) is 4.90 Å². The largest absolute Gasteiger partial charge is 0.311 e. The second-order valence-corrected chi connectivity index (χ2v) is 7.45. The molecule has 1 aliphatic rings. The van der Waals surface area contributed by atoms with Crippen LogP contribution in [0.25, 0.3) is 0 Å². The molecule has 0 bridgehead atoms. The first-order valence-corrected chi connectivity index (χ1v) is 9.51. The van der Waals surface area contributed by atoms with Gasteiger partial charge in [-0.25, -0.2) is 8.78 Å². The second kappa shape index (κ2) is 8.74. The molecule has 0 amide bonds. The van der Waals surface area contributed by atoms with Crippen LogP contribution in [0.15, 0.2) is 48.5 Å². The molecule has 1 fully saturated rings. The van der Waals surface area contributed by atoms with E-state index in [1.54, 1.807) is 0 Å². The van der Waals surface area contributed by atoms with Crippen LogP contribution in [0.5, 0.6) is 0 Å². The molecule has 0 aromatic heterocycles. The molecule has 1 N–H and O–H groups in total. The lowest BCUT2D eigenvalue weighted by Gasteiger charge is -2.37. The molecule has 0 saturated carbocycles. The zero-order valence-electron chi connectivity index (χ0n) is 15.6. The molecule has 2 atom stereocenters. The van der Waals surface area contributed by atoms with Crippen molar-refractivity contribution in [2.45, 2.75) is 44.7 Å². The van der Waals surface area contributed by atoms with Gasteiger partial charge in [-0.1, -0.05) is 24.3 Å². The Bertz CT molecular complexity index is 639. The second-order valence-electron chi connectivity index (χ2n) is 7.45. The molecule has 0 radical (unpaired) electrons. The van der Waals surface area contributed by atoms with E-state index in [4.69, 9.17) is 0 Å². The summed E-state index contributed by atoms with van der Waals surface area (Å²) in [5.41, 5.74) is 2.17. The van der Waals surface area contributed by atoms with E-state index in [0.717, 1.165) is 43.6 Å². The molecule has 0 spiro atoms. The number of halogens is 2. The fourth-order valence-corrected chi connectivity index (χ4v) is 3.82. The van der Waals surface area contributed by atoms with Crippen LogP contribution in [-0.2, 0) is 0 Å². The van der Waals surface area contributed by atoms with E-state index in [1.165, 1.54) is 24.3 Å². The Morgan fingerprint density at radius 1 is 0.962 bits per heavy atom. The Morgan fingerprint density at radius 3 is 2.04 bits per heavy atom. The highest BCUT2D eigenvalue weighted by atomic mass is 19.1. The molecular formula is C22H28F2N2. The minimum Gasteiger partial charge on any atom is -0.311 e. The number of hydrogen-bond donors (Lipinski definition) is 1. The van der Waals surface area contributed by atoms with Crippen LogP contribution < -0.4 is 5.32 Å². The van der Waals surface area contributed by atoms with Gasteiger partial charge in [0.1, 0.15) is 11.6 Å². The molecule has 2 aromatic rings. The van der Waals surface area contributed by atoms with Crippen LogP contribution in [0.3, 0.4) is 0 Å². The zero-order valence-corrected chi connectivity index (χ0v) is 15.6. The molecule has 140 valence electrons. The van der Waals surface area contributed by atoms with Crippen molar-refractivity contribution in [1.29, 1.82) is 0 Å². The SMILES string of the molecule is CC1CN(CCCC(c2ccc(F)cc2)c2ccc(F)cc2)C(C)CN1. The quantitative estimate of drug-likeness (QED) is 0.814. The number of hydrogen-bond acceptors (Lipinski definition) is 2. The summed E-state index contributed by atoms with van der Waals surface area (Å²) in [5.74, 6) is -0.294. The number of nitrogens with zero attached hydrogens (tertiary/aromatic N) is 1. The van der Waals surface area contributed by atoms with E-state index in [9.17, 15) is 8.78 Å². The third-order valence-electron chi connectivity index (χ3n) is 5.38. The maximum absolute atomic E-state index is 13.3. The number of rotatable bonds is 6. The Balaban J connectivity index is 1.69. The molecule has 3 rings (SSSR count). The van der Waals surface area contributed by atoms with Gasteiger partial charge in [0.05, 0.1) is 0 Å². The van der Waals surface area contributed by atoms with Gasteiger partial charge >= 0.3 is 0 Å². The van der Waals surface area contributed by atoms with Gasteiger partial charge in [-0.15, -0.1) is 0 Å². The maximum atomic E-state index is 13.3. The standard InChI is InChI=1S/C22H28F2N2/c1-16-15-26(17(2)14-25-16)13-3-4-22(18-5-9-20(23)10-6-18)19-7-11-21(24)12-8-19/h5-12,16-17,22,25H,3-4,13-15H2,1-2H3. The topological polar surface area (TPSA) is 15.3 Å². The smallest absolute Gasteiger partial charge is 0.123 e. The minimum atomic E-state index is -0.227. The van der Waals surface area contributed by atoms with E-state index in [-0.39, 0.29) is 17.6 Å². The maximum Gasteiger partial charge on any atom is 0.123 e. The van der Waals surface area contributed by atoms with Gasteiger partial charge in [0.2, 0.25) is 0 Å². The van der Waals surface area contributed by atoms with Gasteiger partial charge < -0.3 is 5.32 Å². The lowest BCUT2D eigenvalue weighted by atomic mass is 9.87.